The number of nitrogens with zero attached hydrogens (tertiary/aromatic N) is 6. The number of fused-ring (bicyclic) bond motifs is 4. The normalized spacial score (nSPS) is 16.7. The number of benzene rings is 2. The van der Waals surface area contributed by atoms with Crippen molar-refractivity contribution in [3.63, 3.8) is 0 Å². The van der Waals surface area contributed by atoms with Crippen LogP contribution >= 0.6 is 11.6 Å². The molecule has 45 heavy (non-hydrogen) atoms. The van der Waals surface area contributed by atoms with E-state index in [1.54, 1.807) is 38.4 Å². The molecule has 2 amide bonds. The molecule has 2 atom stereocenters. The van der Waals surface area contributed by atoms with Crippen LogP contribution in [0.15, 0.2) is 59.7 Å². The number of rotatable bonds is 4. The lowest BCUT2D eigenvalue weighted by Gasteiger charge is -2.22. The maximum atomic E-state index is 14.7. The molecule has 2 bridgehead atoms. The molecule has 0 aliphatic carbocycles. The fraction of sp³-hybridized carbons (Fsp3) is 0.258. The van der Waals surface area contributed by atoms with E-state index >= 15 is 0 Å². The Labute approximate surface area is 263 Å². The van der Waals surface area contributed by atoms with Gasteiger partial charge in [-0.2, -0.15) is 5.26 Å². The van der Waals surface area contributed by atoms with Crippen molar-refractivity contribution in [3.8, 4) is 23.0 Å². The van der Waals surface area contributed by atoms with Crippen molar-refractivity contribution in [2.24, 2.45) is 10.9 Å². The van der Waals surface area contributed by atoms with E-state index in [1.807, 2.05) is 31.3 Å². The van der Waals surface area contributed by atoms with Crippen molar-refractivity contribution in [1.29, 1.82) is 5.26 Å². The van der Waals surface area contributed by atoms with Gasteiger partial charge in [0, 0.05) is 30.4 Å². The summed E-state index contributed by atoms with van der Waals surface area (Å²) in [7, 11) is 1.54. The van der Waals surface area contributed by atoms with Crippen molar-refractivity contribution in [2.45, 2.75) is 39.2 Å². The summed E-state index contributed by atoms with van der Waals surface area (Å²) in [6, 6.07) is 13.1. The van der Waals surface area contributed by atoms with E-state index in [-0.39, 0.29) is 34.2 Å². The van der Waals surface area contributed by atoms with Crippen LogP contribution < -0.4 is 21.3 Å². The Morgan fingerprint density at radius 2 is 2.04 bits per heavy atom. The minimum Gasteiger partial charge on any atom is -0.342 e. The number of amides is 2. The SMILES string of the molecule is CN=C(NC#N)Nc1ccc2c(c1)NC(=O)[C@@H](C)CCC[C@H](NC(=O)c1nnn(-c3cccc(Cl)c3F)c1C)c1cc-2ccn1. The van der Waals surface area contributed by atoms with Gasteiger partial charge in [-0.15, -0.1) is 5.10 Å². The molecular weight excluding hydrogens is 599 g/mol. The second-order valence-corrected chi connectivity index (χ2v) is 10.9. The molecule has 0 fully saturated rings. The molecule has 2 aromatic heterocycles. The first-order chi connectivity index (χ1) is 21.7. The lowest BCUT2D eigenvalue weighted by atomic mass is 9.95. The molecule has 14 heteroatoms. The van der Waals surface area contributed by atoms with Gasteiger partial charge in [-0.25, -0.2) is 9.07 Å². The number of nitriles is 1. The van der Waals surface area contributed by atoms with Crippen LogP contribution in [-0.4, -0.2) is 44.8 Å². The molecule has 230 valence electrons. The fourth-order valence-electron chi connectivity index (χ4n) is 5.08. The highest BCUT2D eigenvalue weighted by atomic mass is 35.5. The largest absolute Gasteiger partial charge is 0.342 e. The van der Waals surface area contributed by atoms with Crippen LogP contribution in [0, 0.1) is 30.1 Å². The molecular formula is C31H30ClFN10O2. The number of aliphatic imine (C=N–C) groups is 1. The molecule has 4 aromatic rings. The van der Waals surface area contributed by atoms with Gasteiger partial charge in [-0.3, -0.25) is 24.9 Å². The molecule has 0 spiro atoms. The van der Waals surface area contributed by atoms with Crippen LogP contribution in [-0.2, 0) is 4.79 Å². The molecule has 4 N–H and O–H groups in total. The Kier molecular flexibility index (Phi) is 9.34. The van der Waals surface area contributed by atoms with Crippen molar-refractivity contribution >= 4 is 40.7 Å². The Morgan fingerprint density at radius 3 is 2.82 bits per heavy atom. The predicted octanol–water partition coefficient (Wildman–Crippen LogP) is 5.13. The summed E-state index contributed by atoms with van der Waals surface area (Å²) in [5.41, 5.74) is 3.76. The molecule has 1 aliphatic heterocycles. The molecule has 0 saturated heterocycles. The van der Waals surface area contributed by atoms with Crippen LogP contribution in [0.5, 0.6) is 0 Å². The smallest absolute Gasteiger partial charge is 0.274 e. The van der Waals surface area contributed by atoms with Crippen LogP contribution in [0.3, 0.4) is 0 Å². The predicted molar refractivity (Wildman–Crippen MR) is 168 cm³/mol. The molecule has 0 saturated carbocycles. The zero-order valence-corrected chi connectivity index (χ0v) is 25.5. The minimum atomic E-state index is -0.668. The van der Waals surface area contributed by atoms with Gasteiger partial charge in [-0.1, -0.05) is 42.3 Å². The van der Waals surface area contributed by atoms with Gasteiger partial charge in [0.15, 0.2) is 17.7 Å². The van der Waals surface area contributed by atoms with Gasteiger partial charge >= 0.3 is 0 Å². The summed E-state index contributed by atoms with van der Waals surface area (Å²) >= 11 is 5.95. The second kappa shape index (κ2) is 13.5. The highest BCUT2D eigenvalue weighted by molar-refractivity contribution is 6.30. The Hall–Kier alpha value is -5.35. The number of carbonyl (C=O) groups excluding carboxylic acids is 2. The number of carbonyl (C=O) groups is 2. The highest BCUT2D eigenvalue weighted by Gasteiger charge is 2.25. The van der Waals surface area contributed by atoms with Crippen LogP contribution in [0.4, 0.5) is 15.8 Å². The van der Waals surface area contributed by atoms with E-state index in [1.165, 1.54) is 16.8 Å². The number of guanidine groups is 1. The number of halogens is 2. The third kappa shape index (κ3) is 6.76. The second-order valence-electron chi connectivity index (χ2n) is 10.5. The first kappa shape index (κ1) is 31.1. The number of hydrogen-bond donors (Lipinski definition) is 4. The number of hydrogen-bond acceptors (Lipinski definition) is 7. The zero-order valence-electron chi connectivity index (χ0n) is 24.7. The average molecular weight is 629 g/mol. The number of aromatic nitrogens is 4. The number of nitrogens with one attached hydrogen (secondary N) is 4. The van der Waals surface area contributed by atoms with Gasteiger partial charge in [-0.05, 0) is 61.7 Å². The highest BCUT2D eigenvalue weighted by Crippen LogP contribution is 2.34. The molecule has 12 nitrogen and oxygen atoms in total. The summed E-state index contributed by atoms with van der Waals surface area (Å²) < 4.78 is 15.9. The maximum absolute atomic E-state index is 14.7. The standard InChI is InChI=1S/C31H30ClFN10O2/c1-17-6-4-8-23(39-30(45)28-18(2)43(42-41-28)26-9-5-7-22(32)27(26)33)25-14-19(12-13-36-25)21-11-10-20(15-24(21)40-29(17)44)38-31(35-3)37-16-34/h5,7,9-15,17,23H,4,6,8H2,1-3H3,(H,39,45)(H,40,44)(H2,35,37,38)/t17-,23-/m0/s1. The average Bonchev–Trinajstić information content (AvgIpc) is 3.42. The van der Waals surface area contributed by atoms with E-state index in [2.05, 4.69) is 41.6 Å². The third-order valence-electron chi connectivity index (χ3n) is 7.54. The molecule has 0 radical (unpaired) electrons. The molecule has 1 aliphatic rings. The van der Waals surface area contributed by atoms with Crippen LogP contribution in [0.2, 0.25) is 5.02 Å². The zero-order chi connectivity index (χ0) is 32.1. The van der Waals surface area contributed by atoms with Gasteiger partial charge < -0.3 is 16.0 Å². The van der Waals surface area contributed by atoms with Gasteiger partial charge in [0.25, 0.3) is 5.91 Å². The van der Waals surface area contributed by atoms with Crippen molar-refractivity contribution in [1.82, 2.24) is 30.6 Å². The fourth-order valence-corrected chi connectivity index (χ4v) is 5.25. The molecule has 5 rings (SSSR count). The lowest BCUT2D eigenvalue weighted by molar-refractivity contribution is -0.119. The van der Waals surface area contributed by atoms with Crippen LogP contribution in [0.25, 0.3) is 16.8 Å². The Balaban J connectivity index is 1.48. The van der Waals surface area contributed by atoms with E-state index in [0.29, 0.717) is 42.0 Å². The Bertz CT molecular complexity index is 1830. The van der Waals surface area contributed by atoms with E-state index in [9.17, 15) is 14.0 Å². The minimum absolute atomic E-state index is 0.0376. The van der Waals surface area contributed by atoms with Crippen molar-refractivity contribution in [2.75, 3.05) is 17.7 Å². The Morgan fingerprint density at radius 1 is 1.22 bits per heavy atom. The summed E-state index contributed by atoms with van der Waals surface area (Å²) in [4.78, 5) is 35.3. The molecule has 2 aromatic carbocycles. The first-order valence-corrected chi connectivity index (χ1v) is 14.6. The van der Waals surface area contributed by atoms with Gasteiger partial charge in [0.2, 0.25) is 11.9 Å². The summed E-state index contributed by atoms with van der Waals surface area (Å²) in [5.74, 6) is -1.38. The molecule has 0 unspecified atom stereocenters. The third-order valence-corrected chi connectivity index (χ3v) is 7.83. The van der Waals surface area contributed by atoms with E-state index in [0.717, 1.165) is 11.1 Å². The van der Waals surface area contributed by atoms with E-state index in [4.69, 9.17) is 16.9 Å². The summed E-state index contributed by atoms with van der Waals surface area (Å²) in [6.07, 6.45) is 5.17. The maximum Gasteiger partial charge on any atom is 0.274 e. The lowest BCUT2D eigenvalue weighted by Crippen LogP contribution is -2.30. The number of pyridine rings is 1. The quantitative estimate of drug-likeness (QED) is 0.105. The summed E-state index contributed by atoms with van der Waals surface area (Å²) in [6.45, 7) is 3.48. The molecule has 3 heterocycles. The van der Waals surface area contributed by atoms with E-state index < -0.39 is 17.8 Å². The summed E-state index contributed by atoms with van der Waals surface area (Å²) in [5, 5.41) is 28.5. The van der Waals surface area contributed by atoms with Gasteiger partial charge in [0.1, 0.15) is 5.69 Å². The first-order valence-electron chi connectivity index (χ1n) is 14.2. The van der Waals surface area contributed by atoms with Crippen molar-refractivity contribution in [3.05, 3.63) is 82.6 Å². The number of anilines is 2. The topological polar surface area (TPSA) is 162 Å². The monoisotopic (exact) mass is 628 g/mol. The van der Waals surface area contributed by atoms with Crippen LogP contribution in [0.1, 0.15) is 54.1 Å². The van der Waals surface area contributed by atoms with Gasteiger partial charge in [0.05, 0.1) is 28.1 Å². The van der Waals surface area contributed by atoms with Crippen molar-refractivity contribution < 1.29 is 14.0 Å².